The summed E-state index contributed by atoms with van der Waals surface area (Å²) in [6, 6.07) is 15.4. The van der Waals surface area contributed by atoms with Crippen molar-refractivity contribution < 1.29 is 24.2 Å². The Balaban J connectivity index is 1.31. The first-order chi connectivity index (χ1) is 16.0. The van der Waals surface area contributed by atoms with Crippen LogP contribution >= 0.6 is 0 Å². The van der Waals surface area contributed by atoms with Crippen LogP contribution in [0.1, 0.15) is 49.7 Å². The second-order valence-electron chi connectivity index (χ2n) is 8.89. The van der Waals surface area contributed by atoms with Crippen molar-refractivity contribution in [1.29, 1.82) is 0 Å². The zero-order valence-corrected chi connectivity index (χ0v) is 18.8. The maximum atomic E-state index is 12.6. The molecule has 0 bridgehead atoms. The second-order valence-corrected chi connectivity index (χ2v) is 8.89. The summed E-state index contributed by atoms with van der Waals surface area (Å²) < 4.78 is 5.52. The molecule has 0 aliphatic heterocycles. The Morgan fingerprint density at radius 2 is 1.64 bits per heavy atom. The molecule has 33 heavy (non-hydrogen) atoms. The van der Waals surface area contributed by atoms with Gasteiger partial charge in [0.25, 0.3) is 0 Å². The molecular weight excluding hydrogens is 420 g/mol. The van der Waals surface area contributed by atoms with E-state index in [-0.39, 0.29) is 19.1 Å². The number of carboxylic acids is 1. The molecule has 0 spiro atoms. The molecule has 1 fully saturated rings. The molecule has 1 saturated carbocycles. The fourth-order valence-corrected chi connectivity index (χ4v) is 4.51. The highest BCUT2D eigenvalue weighted by atomic mass is 16.5. The number of carboxylic acid groups (broad SMARTS) is 1. The third-order valence-electron chi connectivity index (χ3n) is 6.55. The SMILES string of the molecule is CCC(NC(=O)OCC1c2ccccc2-c2ccccc21)C(=O)NCC(CC1CC1)C(=O)O. The lowest BCUT2D eigenvalue weighted by Crippen LogP contribution is -2.48. The van der Waals surface area contributed by atoms with Crippen LogP contribution in [-0.2, 0) is 14.3 Å². The Bertz CT molecular complexity index is 987. The average molecular weight is 451 g/mol. The Labute approximate surface area is 193 Å². The van der Waals surface area contributed by atoms with Gasteiger partial charge < -0.3 is 20.5 Å². The van der Waals surface area contributed by atoms with Gasteiger partial charge in [-0.05, 0) is 41.0 Å². The third kappa shape index (κ3) is 5.35. The maximum Gasteiger partial charge on any atom is 0.407 e. The van der Waals surface area contributed by atoms with E-state index in [1.807, 2.05) is 36.4 Å². The van der Waals surface area contributed by atoms with Gasteiger partial charge in [-0.15, -0.1) is 0 Å². The number of ether oxygens (including phenoxy) is 1. The third-order valence-corrected chi connectivity index (χ3v) is 6.55. The average Bonchev–Trinajstić information content (AvgIpc) is 3.59. The maximum absolute atomic E-state index is 12.6. The van der Waals surface area contributed by atoms with Gasteiger partial charge in [-0.2, -0.15) is 0 Å². The number of aliphatic carboxylic acids is 1. The number of rotatable bonds is 10. The first kappa shape index (κ1) is 22.8. The predicted octanol–water partition coefficient (Wildman–Crippen LogP) is 3.92. The lowest BCUT2D eigenvalue weighted by atomic mass is 9.98. The van der Waals surface area contributed by atoms with Gasteiger partial charge in [-0.25, -0.2) is 4.79 Å². The van der Waals surface area contributed by atoms with Gasteiger partial charge in [-0.3, -0.25) is 9.59 Å². The molecule has 2 aromatic rings. The molecule has 2 unspecified atom stereocenters. The van der Waals surface area contributed by atoms with Crippen molar-refractivity contribution in [3.63, 3.8) is 0 Å². The molecule has 0 heterocycles. The van der Waals surface area contributed by atoms with Crippen LogP contribution in [0.5, 0.6) is 0 Å². The fraction of sp³-hybridized carbons (Fsp3) is 0.423. The molecule has 2 amide bonds. The molecule has 7 nitrogen and oxygen atoms in total. The van der Waals surface area contributed by atoms with E-state index in [1.54, 1.807) is 6.92 Å². The Morgan fingerprint density at radius 3 is 2.18 bits per heavy atom. The van der Waals surface area contributed by atoms with Crippen LogP contribution in [0.4, 0.5) is 4.79 Å². The molecule has 0 aromatic heterocycles. The number of benzene rings is 2. The van der Waals surface area contributed by atoms with E-state index in [0.717, 1.165) is 35.1 Å². The summed E-state index contributed by atoms with van der Waals surface area (Å²) in [7, 11) is 0. The zero-order valence-electron chi connectivity index (χ0n) is 18.8. The number of nitrogens with one attached hydrogen (secondary N) is 2. The fourth-order valence-electron chi connectivity index (χ4n) is 4.51. The summed E-state index contributed by atoms with van der Waals surface area (Å²) in [4.78, 5) is 36.5. The van der Waals surface area contributed by atoms with E-state index < -0.39 is 29.9 Å². The minimum atomic E-state index is -0.903. The highest BCUT2D eigenvalue weighted by Gasteiger charge is 2.31. The normalized spacial score (nSPS) is 16.3. The van der Waals surface area contributed by atoms with Crippen molar-refractivity contribution in [2.45, 2.75) is 44.6 Å². The summed E-state index contributed by atoms with van der Waals surface area (Å²) in [6.07, 6.45) is 2.39. The lowest BCUT2D eigenvalue weighted by Gasteiger charge is -2.20. The van der Waals surface area contributed by atoms with Gasteiger partial charge in [0, 0.05) is 12.5 Å². The molecule has 2 aliphatic carbocycles. The second kappa shape index (κ2) is 10.1. The monoisotopic (exact) mass is 450 g/mol. The summed E-state index contributed by atoms with van der Waals surface area (Å²) >= 11 is 0. The van der Waals surface area contributed by atoms with Crippen LogP contribution in [0.2, 0.25) is 0 Å². The smallest absolute Gasteiger partial charge is 0.407 e. The number of amides is 2. The largest absolute Gasteiger partial charge is 0.481 e. The topological polar surface area (TPSA) is 105 Å². The quantitative estimate of drug-likeness (QED) is 0.509. The predicted molar refractivity (Wildman–Crippen MR) is 124 cm³/mol. The lowest BCUT2D eigenvalue weighted by molar-refractivity contribution is -0.142. The van der Waals surface area contributed by atoms with Crippen molar-refractivity contribution in [3.8, 4) is 11.1 Å². The summed E-state index contributed by atoms with van der Waals surface area (Å²) in [5.74, 6) is -1.51. The Kier molecular flexibility index (Phi) is 6.96. The number of fused-ring (bicyclic) bond motifs is 3. The summed E-state index contributed by atoms with van der Waals surface area (Å²) in [6.45, 7) is 2.01. The zero-order chi connectivity index (χ0) is 23.4. The molecule has 7 heteroatoms. The van der Waals surface area contributed by atoms with Crippen molar-refractivity contribution in [1.82, 2.24) is 10.6 Å². The van der Waals surface area contributed by atoms with Crippen molar-refractivity contribution >= 4 is 18.0 Å². The molecule has 4 rings (SSSR count). The minimum Gasteiger partial charge on any atom is -0.481 e. The minimum absolute atomic E-state index is 0.0594. The molecule has 0 radical (unpaired) electrons. The number of carbonyl (C=O) groups excluding carboxylic acids is 2. The standard InChI is InChI=1S/C26H30N2O5/c1-2-23(24(29)27-14-17(25(30)31)13-16-11-12-16)28-26(32)33-15-22-20-9-5-3-7-18(20)19-8-4-6-10-21(19)22/h3-10,16-17,22-23H,2,11-15H2,1H3,(H,27,29)(H,28,32)(H,30,31). The first-order valence-electron chi connectivity index (χ1n) is 11.6. The Hall–Kier alpha value is -3.35. The van der Waals surface area contributed by atoms with Crippen LogP contribution in [0.3, 0.4) is 0 Å². The molecule has 0 saturated heterocycles. The van der Waals surface area contributed by atoms with Crippen LogP contribution in [0, 0.1) is 11.8 Å². The van der Waals surface area contributed by atoms with E-state index in [9.17, 15) is 19.5 Å². The summed E-state index contributed by atoms with van der Waals surface area (Å²) in [5.41, 5.74) is 4.53. The van der Waals surface area contributed by atoms with E-state index in [4.69, 9.17) is 4.74 Å². The number of hydrogen-bond donors (Lipinski definition) is 3. The van der Waals surface area contributed by atoms with Gasteiger partial charge in [0.15, 0.2) is 0 Å². The number of hydrogen-bond acceptors (Lipinski definition) is 4. The van der Waals surface area contributed by atoms with Gasteiger partial charge in [0.05, 0.1) is 5.92 Å². The highest BCUT2D eigenvalue weighted by molar-refractivity contribution is 5.86. The van der Waals surface area contributed by atoms with E-state index >= 15 is 0 Å². The van der Waals surface area contributed by atoms with Crippen molar-refractivity contribution in [3.05, 3.63) is 59.7 Å². The van der Waals surface area contributed by atoms with Gasteiger partial charge in [0.2, 0.25) is 5.91 Å². The molecule has 2 aromatic carbocycles. The Morgan fingerprint density at radius 1 is 1.03 bits per heavy atom. The van der Waals surface area contributed by atoms with Crippen LogP contribution < -0.4 is 10.6 Å². The van der Waals surface area contributed by atoms with Gasteiger partial charge >= 0.3 is 12.1 Å². The molecule has 3 N–H and O–H groups in total. The molecule has 174 valence electrons. The summed E-state index contributed by atoms with van der Waals surface area (Å²) in [5, 5.41) is 14.7. The van der Waals surface area contributed by atoms with Crippen molar-refractivity contribution in [2.24, 2.45) is 11.8 Å². The molecule has 2 aliphatic rings. The van der Waals surface area contributed by atoms with Crippen LogP contribution in [0.15, 0.2) is 48.5 Å². The highest BCUT2D eigenvalue weighted by Crippen LogP contribution is 2.44. The van der Waals surface area contributed by atoms with E-state index in [2.05, 4.69) is 22.8 Å². The molecule has 2 atom stereocenters. The van der Waals surface area contributed by atoms with Crippen LogP contribution in [-0.4, -0.2) is 42.3 Å². The van der Waals surface area contributed by atoms with E-state index in [0.29, 0.717) is 18.8 Å². The van der Waals surface area contributed by atoms with Gasteiger partial charge in [0.1, 0.15) is 12.6 Å². The van der Waals surface area contributed by atoms with Crippen molar-refractivity contribution in [2.75, 3.05) is 13.2 Å². The first-order valence-corrected chi connectivity index (χ1v) is 11.6. The number of alkyl carbamates (subject to hydrolysis) is 1. The van der Waals surface area contributed by atoms with Gasteiger partial charge in [-0.1, -0.05) is 68.3 Å². The molecular formula is C26H30N2O5. The van der Waals surface area contributed by atoms with Crippen LogP contribution in [0.25, 0.3) is 11.1 Å². The number of carbonyl (C=O) groups is 3. The van der Waals surface area contributed by atoms with E-state index in [1.165, 1.54) is 0 Å².